The van der Waals surface area contributed by atoms with E-state index in [0.717, 1.165) is 26.9 Å². The SMILES string of the molecule is COc1cc(-c2ccncc2Br)ccc1OCc1ccccc1. The van der Waals surface area contributed by atoms with Crippen molar-refractivity contribution in [1.82, 2.24) is 4.98 Å². The van der Waals surface area contributed by atoms with E-state index in [2.05, 4.69) is 20.9 Å². The van der Waals surface area contributed by atoms with Crippen LogP contribution in [0.25, 0.3) is 11.1 Å². The Labute approximate surface area is 144 Å². The van der Waals surface area contributed by atoms with Crippen LogP contribution in [0.3, 0.4) is 0 Å². The Morgan fingerprint density at radius 3 is 2.57 bits per heavy atom. The summed E-state index contributed by atoms with van der Waals surface area (Å²) >= 11 is 3.52. The Kier molecular flexibility index (Phi) is 4.93. The van der Waals surface area contributed by atoms with Crippen LogP contribution in [0.15, 0.2) is 71.5 Å². The molecule has 3 rings (SSSR count). The minimum Gasteiger partial charge on any atom is -0.493 e. The molecule has 0 saturated carbocycles. The van der Waals surface area contributed by atoms with Gasteiger partial charge in [-0.2, -0.15) is 0 Å². The molecule has 1 heterocycles. The highest BCUT2D eigenvalue weighted by Crippen LogP contribution is 2.35. The van der Waals surface area contributed by atoms with Crippen LogP contribution in [-0.4, -0.2) is 12.1 Å². The molecule has 0 aliphatic carbocycles. The molecule has 4 heteroatoms. The second-order valence-electron chi connectivity index (χ2n) is 5.00. The highest BCUT2D eigenvalue weighted by Gasteiger charge is 2.09. The fourth-order valence-corrected chi connectivity index (χ4v) is 2.78. The third-order valence-corrected chi connectivity index (χ3v) is 4.12. The molecule has 0 aliphatic rings. The van der Waals surface area contributed by atoms with Crippen molar-refractivity contribution in [3.8, 4) is 22.6 Å². The zero-order valence-electron chi connectivity index (χ0n) is 12.7. The maximum atomic E-state index is 5.89. The van der Waals surface area contributed by atoms with Crippen molar-refractivity contribution in [3.05, 3.63) is 77.0 Å². The molecule has 0 N–H and O–H groups in total. The summed E-state index contributed by atoms with van der Waals surface area (Å²) in [7, 11) is 1.65. The molecule has 0 atom stereocenters. The van der Waals surface area contributed by atoms with E-state index in [1.807, 2.05) is 54.6 Å². The topological polar surface area (TPSA) is 31.4 Å². The Morgan fingerprint density at radius 2 is 1.83 bits per heavy atom. The Bertz CT molecular complexity index is 790. The quantitative estimate of drug-likeness (QED) is 0.626. The second kappa shape index (κ2) is 7.29. The molecule has 3 nitrogen and oxygen atoms in total. The van der Waals surface area contributed by atoms with Crippen LogP contribution in [0.1, 0.15) is 5.56 Å². The molecule has 0 saturated heterocycles. The number of methoxy groups -OCH3 is 1. The van der Waals surface area contributed by atoms with Crippen molar-refractivity contribution in [2.45, 2.75) is 6.61 Å². The van der Waals surface area contributed by atoms with Crippen molar-refractivity contribution in [3.63, 3.8) is 0 Å². The molecule has 0 aliphatic heterocycles. The van der Waals surface area contributed by atoms with Gasteiger partial charge in [0.15, 0.2) is 11.5 Å². The summed E-state index contributed by atoms with van der Waals surface area (Å²) in [5, 5.41) is 0. The first kappa shape index (κ1) is 15.6. The van der Waals surface area contributed by atoms with Crippen LogP contribution in [0.4, 0.5) is 0 Å². The number of aromatic nitrogens is 1. The Morgan fingerprint density at radius 1 is 1.00 bits per heavy atom. The highest BCUT2D eigenvalue weighted by atomic mass is 79.9. The van der Waals surface area contributed by atoms with Crippen molar-refractivity contribution < 1.29 is 9.47 Å². The predicted octanol–water partition coefficient (Wildman–Crippen LogP) is 5.10. The summed E-state index contributed by atoms with van der Waals surface area (Å²) in [5.74, 6) is 1.44. The summed E-state index contributed by atoms with van der Waals surface area (Å²) in [6.45, 7) is 0.509. The molecule has 23 heavy (non-hydrogen) atoms. The lowest BCUT2D eigenvalue weighted by Gasteiger charge is -2.13. The Balaban J connectivity index is 1.84. The van der Waals surface area contributed by atoms with E-state index in [1.165, 1.54) is 0 Å². The minimum absolute atomic E-state index is 0.509. The average molecular weight is 370 g/mol. The fourth-order valence-electron chi connectivity index (χ4n) is 2.30. The monoisotopic (exact) mass is 369 g/mol. The fraction of sp³-hybridized carbons (Fsp3) is 0.105. The minimum atomic E-state index is 0.509. The number of hydrogen-bond acceptors (Lipinski definition) is 3. The van der Waals surface area contributed by atoms with E-state index in [4.69, 9.17) is 9.47 Å². The first-order valence-electron chi connectivity index (χ1n) is 7.22. The third kappa shape index (κ3) is 3.71. The van der Waals surface area contributed by atoms with Gasteiger partial charge in [0.25, 0.3) is 0 Å². The van der Waals surface area contributed by atoms with Gasteiger partial charge in [-0.3, -0.25) is 4.98 Å². The lowest BCUT2D eigenvalue weighted by molar-refractivity contribution is 0.284. The van der Waals surface area contributed by atoms with Crippen molar-refractivity contribution in [2.75, 3.05) is 7.11 Å². The summed E-state index contributed by atoms with van der Waals surface area (Å²) in [4.78, 5) is 4.09. The van der Waals surface area contributed by atoms with Crippen LogP contribution < -0.4 is 9.47 Å². The maximum Gasteiger partial charge on any atom is 0.161 e. The van der Waals surface area contributed by atoms with Crippen LogP contribution in [0.5, 0.6) is 11.5 Å². The molecule has 0 radical (unpaired) electrons. The van der Waals surface area contributed by atoms with Gasteiger partial charge in [0.2, 0.25) is 0 Å². The molecular weight excluding hydrogens is 354 g/mol. The van der Waals surface area contributed by atoms with Crippen molar-refractivity contribution >= 4 is 15.9 Å². The first-order valence-corrected chi connectivity index (χ1v) is 8.02. The lowest BCUT2D eigenvalue weighted by atomic mass is 10.1. The standard InChI is InChI=1S/C19H16BrNO2/c1-22-19-11-15(16-9-10-21-12-17(16)20)7-8-18(19)23-13-14-5-3-2-4-6-14/h2-12H,13H2,1H3. The molecule has 0 unspecified atom stereocenters. The number of benzene rings is 2. The maximum absolute atomic E-state index is 5.89. The number of nitrogens with zero attached hydrogens (tertiary/aromatic N) is 1. The Hall–Kier alpha value is -2.33. The van der Waals surface area contributed by atoms with E-state index in [1.54, 1.807) is 19.5 Å². The molecule has 0 amide bonds. The molecule has 3 aromatic rings. The van der Waals surface area contributed by atoms with Gasteiger partial charge in [-0.1, -0.05) is 36.4 Å². The first-order chi connectivity index (χ1) is 11.3. The summed E-state index contributed by atoms with van der Waals surface area (Å²) in [6.07, 6.45) is 3.55. The molecule has 0 fully saturated rings. The lowest BCUT2D eigenvalue weighted by Crippen LogP contribution is -1.97. The zero-order chi connectivity index (χ0) is 16.1. The smallest absolute Gasteiger partial charge is 0.161 e. The molecule has 0 spiro atoms. The number of hydrogen-bond donors (Lipinski definition) is 0. The van der Waals surface area contributed by atoms with Crippen LogP contribution >= 0.6 is 15.9 Å². The van der Waals surface area contributed by atoms with Gasteiger partial charge >= 0.3 is 0 Å². The van der Waals surface area contributed by atoms with Crippen molar-refractivity contribution in [1.29, 1.82) is 0 Å². The van der Waals surface area contributed by atoms with E-state index in [-0.39, 0.29) is 0 Å². The van der Waals surface area contributed by atoms with E-state index >= 15 is 0 Å². The van der Waals surface area contributed by atoms with E-state index in [0.29, 0.717) is 12.4 Å². The van der Waals surface area contributed by atoms with Gasteiger partial charge in [-0.25, -0.2) is 0 Å². The largest absolute Gasteiger partial charge is 0.493 e. The average Bonchev–Trinajstić information content (AvgIpc) is 2.61. The number of rotatable bonds is 5. The van der Waals surface area contributed by atoms with E-state index in [9.17, 15) is 0 Å². The molecule has 0 bridgehead atoms. The van der Waals surface area contributed by atoms with Crippen molar-refractivity contribution in [2.24, 2.45) is 0 Å². The molecule has 116 valence electrons. The highest BCUT2D eigenvalue weighted by molar-refractivity contribution is 9.10. The van der Waals surface area contributed by atoms with Crippen LogP contribution in [0, 0.1) is 0 Å². The zero-order valence-corrected chi connectivity index (χ0v) is 14.3. The van der Waals surface area contributed by atoms with Gasteiger partial charge < -0.3 is 9.47 Å². The summed E-state index contributed by atoms with van der Waals surface area (Å²) in [5.41, 5.74) is 3.23. The molecule has 1 aromatic heterocycles. The van der Waals surface area contributed by atoms with Crippen LogP contribution in [-0.2, 0) is 6.61 Å². The number of ether oxygens (including phenoxy) is 2. The summed E-state index contributed by atoms with van der Waals surface area (Å²) in [6, 6.07) is 18.0. The van der Waals surface area contributed by atoms with Gasteiger partial charge in [0.05, 0.1) is 7.11 Å². The predicted molar refractivity (Wildman–Crippen MR) is 94.7 cm³/mol. The normalized spacial score (nSPS) is 10.3. The third-order valence-electron chi connectivity index (χ3n) is 3.48. The molecule has 2 aromatic carbocycles. The molecular formula is C19H16BrNO2. The van der Waals surface area contributed by atoms with Gasteiger partial charge in [0, 0.05) is 16.9 Å². The van der Waals surface area contributed by atoms with Crippen LogP contribution in [0.2, 0.25) is 0 Å². The van der Waals surface area contributed by atoms with Gasteiger partial charge in [-0.15, -0.1) is 0 Å². The van der Waals surface area contributed by atoms with Gasteiger partial charge in [-0.05, 0) is 50.8 Å². The second-order valence-corrected chi connectivity index (χ2v) is 5.85. The van der Waals surface area contributed by atoms with E-state index < -0.39 is 0 Å². The number of halogens is 1. The van der Waals surface area contributed by atoms with Gasteiger partial charge in [0.1, 0.15) is 6.61 Å². The summed E-state index contributed by atoms with van der Waals surface area (Å²) < 4.78 is 12.3. The number of pyridine rings is 1.